The highest BCUT2D eigenvalue weighted by atomic mass is 35.5. The van der Waals surface area contributed by atoms with Gasteiger partial charge in [-0.3, -0.25) is 14.4 Å². The summed E-state index contributed by atoms with van der Waals surface area (Å²) in [4.78, 5) is 53.2. The Bertz CT molecular complexity index is 1410. The predicted octanol–water partition coefficient (Wildman–Crippen LogP) is 6.39. The SMILES string of the molecule is CC(=O)[C@@H](C(C)C)[C@H](NN(Cc1cccc([C@@H]2OCC(=O)N(CC(C)(C)C)c3ccc(Cl)cc32)c1)C(=O)OC(C)(C)C)C(=O)O. The molecule has 1 heterocycles. The number of aliphatic carboxylic acids is 1. The molecule has 0 aromatic heterocycles. The average Bonchev–Trinajstić information content (AvgIpc) is 3.01. The van der Waals surface area contributed by atoms with Gasteiger partial charge in [0.2, 0.25) is 0 Å². The molecule has 3 atom stereocenters. The molecular weight excluding hydrogens is 598 g/mol. The summed E-state index contributed by atoms with van der Waals surface area (Å²) in [5.74, 6) is -2.95. The molecule has 11 heteroatoms. The number of anilines is 1. The molecule has 1 aliphatic heterocycles. The lowest BCUT2D eigenvalue weighted by atomic mass is 9.85. The lowest BCUT2D eigenvalue weighted by Gasteiger charge is -2.33. The number of halogens is 1. The number of carbonyl (C=O) groups excluding carboxylic acids is 3. The summed E-state index contributed by atoms with van der Waals surface area (Å²) < 4.78 is 11.8. The summed E-state index contributed by atoms with van der Waals surface area (Å²) in [6.45, 7) is 16.4. The normalized spacial score (nSPS) is 16.9. The van der Waals surface area contributed by atoms with Gasteiger partial charge in [0.05, 0.1) is 6.54 Å². The molecule has 2 aromatic rings. The Morgan fingerprint density at radius 2 is 1.78 bits per heavy atom. The molecule has 2 aromatic carbocycles. The minimum absolute atomic E-state index is 0.0839. The van der Waals surface area contributed by atoms with Crippen LogP contribution in [0, 0.1) is 17.3 Å². The van der Waals surface area contributed by atoms with E-state index in [1.165, 1.54) is 6.92 Å². The summed E-state index contributed by atoms with van der Waals surface area (Å²) >= 11 is 6.43. The number of benzene rings is 2. The first-order valence-corrected chi connectivity index (χ1v) is 15.5. The Hall–Kier alpha value is -3.47. The van der Waals surface area contributed by atoms with Crippen LogP contribution >= 0.6 is 11.6 Å². The zero-order chi connectivity index (χ0) is 33.9. The molecule has 1 aliphatic rings. The summed E-state index contributed by atoms with van der Waals surface area (Å²) in [7, 11) is 0. The van der Waals surface area contributed by atoms with E-state index >= 15 is 0 Å². The Kier molecular flexibility index (Phi) is 11.4. The molecule has 0 unspecified atom stereocenters. The number of carbonyl (C=O) groups is 4. The highest BCUT2D eigenvalue weighted by Crippen LogP contribution is 2.39. The second kappa shape index (κ2) is 14.3. The van der Waals surface area contributed by atoms with Crippen molar-refractivity contribution in [3.05, 3.63) is 64.2 Å². The molecule has 0 saturated carbocycles. The monoisotopic (exact) mass is 643 g/mol. The number of nitrogens with one attached hydrogen (secondary N) is 1. The number of Topliss-reactive ketones (excluding diaryl/α,β-unsaturated/α-hetero) is 1. The minimum Gasteiger partial charge on any atom is -0.480 e. The predicted molar refractivity (Wildman–Crippen MR) is 173 cm³/mol. The van der Waals surface area contributed by atoms with Crippen LogP contribution in [0.2, 0.25) is 5.02 Å². The second-order valence-electron chi connectivity index (χ2n) is 14.1. The van der Waals surface area contributed by atoms with Crippen LogP contribution in [0.1, 0.15) is 85.1 Å². The fourth-order valence-corrected chi connectivity index (χ4v) is 5.60. The van der Waals surface area contributed by atoms with Crippen molar-refractivity contribution in [1.82, 2.24) is 10.4 Å². The van der Waals surface area contributed by atoms with Crippen LogP contribution in [0.25, 0.3) is 0 Å². The van der Waals surface area contributed by atoms with Gasteiger partial charge in [-0.05, 0) is 68.4 Å². The van der Waals surface area contributed by atoms with E-state index in [-0.39, 0.29) is 36.2 Å². The van der Waals surface area contributed by atoms with Crippen molar-refractivity contribution in [3.63, 3.8) is 0 Å². The number of amides is 2. The lowest BCUT2D eigenvalue weighted by Crippen LogP contribution is -2.56. The van der Waals surface area contributed by atoms with E-state index in [2.05, 4.69) is 26.2 Å². The quantitative estimate of drug-likeness (QED) is 0.285. The second-order valence-corrected chi connectivity index (χ2v) is 14.5. The summed E-state index contributed by atoms with van der Waals surface area (Å²) in [5, 5.41) is 11.7. The number of rotatable bonds is 10. The maximum Gasteiger partial charge on any atom is 0.425 e. The van der Waals surface area contributed by atoms with E-state index in [9.17, 15) is 24.3 Å². The van der Waals surface area contributed by atoms with Crippen LogP contribution in [0.4, 0.5) is 10.5 Å². The number of ether oxygens (including phenoxy) is 2. The van der Waals surface area contributed by atoms with E-state index in [0.717, 1.165) is 10.6 Å². The van der Waals surface area contributed by atoms with Crippen molar-refractivity contribution in [2.45, 2.75) is 86.6 Å². The topological polar surface area (TPSA) is 125 Å². The smallest absolute Gasteiger partial charge is 0.425 e. The molecule has 0 aliphatic carbocycles. The third-order valence-electron chi connectivity index (χ3n) is 7.19. The number of fused-ring (bicyclic) bond motifs is 1. The van der Waals surface area contributed by atoms with Gasteiger partial charge in [0, 0.05) is 28.7 Å². The number of ketones is 1. The van der Waals surface area contributed by atoms with E-state index in [4.69, 9.17) is 21.1 Å². The Morgan fingerprint density at radius 3 is 2.33 bits per heavy atom. The Morgan fingerprint density at radius 1 is 1.11 bits per heavy atom. The molecule has 0 spiro atoms. The van der Waals surface area contributed by atoms with Gasteiger partial charge >= 0.3 is 12.1 Å². The fraction of sp³-hybridized carbons (Fsp3) is 0.529. The first kappa shape index (κ1) is 36.0. The van der Waals surface area contributed by atoms with Crippen molar-refractivity contribution in [2.24, 2.45) is 17.3 Å². The third-order valence-corrected chi connectivity index (χ3v) is 7.42. The van der Waals surface area contributed by atoms with E-state index in [0.29, 0.717) is 28.4 Å². The van der Waals surface area contributed by atoms with E-state index in [1.54, 1.807) is 63.8 Å². The number of carboxylic acid groups (broad SMARTS) is 1. The maximum absolute atomic E-state index is 13.4. The number of carboxylic acids is 1. The zero-order valence-corrected chi connectivity index (χ0v) is 28.4. The van der Waals surface area contributed by atoms with Crippen molar-refractivity contribution < 1.29 is 33.8 Å². The van der Waals surface area contributed by atoms with E-state index < -0.39 is 35.7 Å². The number of hydrazine groups is 1. The van der Waals surface area contributed by atoms with Crippen molar-refractivity contribution in [3.8, 4) is 0 Å². The molecule has 2 amide bonds. The van der Waals surface area contributed by atoms with Gasteiger partial charge in [-0.25, -0.2) is 15.2 Å². The number of hydrogen-bond acceptors (Lipinski definition) is 7. The molecule has 246 valence electrons. The number of nitrogens with zero attached hydrogens (tertiary/aromatic N) is 2. The minimum atomic E-state index is -1.38. The van der Waals surface area contributed by atoms with Gasteiger partial charge < -0.3 is 19.5 Å². The van der Waals surface area contributed by atoms with Gasteiger partial charge in [-0.1, -0.05) is 70.5 Å². The molecule has 0 fully saturated rings. The first-order valence-electron chi connectivity index (χ1n) is 15.1. The summed E-state index contributed by atoms with van der Waals surface area (Å²) in [6.07, 6.45) is -1.44. The van der Waals surface area contributed by atoms with Crippen molar-refractivity contribution in [2.75, 3.05) is 18.1 Å². The van der Waals surface area contributed by atoms with Crippen LogP contribution in [-0.2, 0) is 30.4 Å². The molecule has 0 radical (unpaired) electrons. The molecular formula is C34H46ClN3O7. The lowest BCUT2D eigenvalue weighted by molar-refractivity contribution is -0.146. The Balaban J connectivity index is 2.04. The van der Waals surface area contributed by atoms with Crippen LogP contribution in [0.5, 0.6) is 0 Å². The standard InChI is InChI=1S/C34H46ClN3O7/c1-20(2)28(21(3)39)29(31(41)42)36-38(32(43)45-34(7,8)9)17-22-11-10-12-23(15-22)30-25-16-24(35)13-14-26(25)37(19-33(4,5)6)27(40)18-44-30/h10-16,20,28-30,36H,17-19H2,1-9H3,(H,41,42)/t28-,29+,30+/m1/s1. The molecule has 2 N–H and O–H groups in total. The first-order chi connectivity index (χ1) is 20.8. The zero-order valence-electron chi connectivity index (χ0n) is 27.6. The van der Waals surface area contributed by atoms with Gasteiger partial charge in [0.15, 0.2) is 0 Å². The van der Waals surface area contributed by atoms with Crippen LogP contribution in [0.15, 0.2) is 42.5 Å². The molecule has 0 bridgehead atoms. The highest BCUT2D eigenvalue weighted by Gasteiger charge is 2.37. The van der Waals surface area contributed by atoms with Gasteiger partial charge in [0.1, 0.15) is 30.1 Å². The van der Waals surface area contributed by atoms with Crippen molar-refractivity contribution >= 4 is 41.0 Å². The van der Waals surface area contributed by atoms with Gasteiger partial charge in [-0.2, -0.15) is 0 Å². The fourth-order valence-electron chi connectivity index (χ4n) is 5.42. The number of hydrogen-bond donors (Lipinski definition) is 2. The van der Waals surface area contributed by atoms with Crippen LogP contribution in [0.3, 0.4) is 0 Å². The summed E-state index contributed by atoms with van der Waals surface area (Å²) in [5.41, 5.74) is 4.53. The Labute approximate surface area is 271 Å². The van der Waals surface area contributed by atoms with Crippen LogP contribution in [-0.4, -0.2) is 58.7 Å². The largest absolute Gasteiger partial charge is 0.480 e. The van der Waals surface area contributed by atoms with Gasteiger partial charge in [0.25, 0.3) is 5.91 Å². The highest BCUT2D eigenvalue weighted by molar-refractivity contribution is 6.30. The van der Waals surface area contributed by atoms with E-state index in [1.807, 2.05) is 18.2 Å². The maximum atomic E-state index is 13.4. The third kappa shape index (κ3) is 9.76. The van der Waals surface area contributed by atoms with Crippen LogP contribution < -0.4 is 10.3 Å². The van der Waals surface area contributed by atoms with Crippen molar-refractivity contribution in [1.29, 1.82) is 0 Å². The van der Waals surface area contributed by atoms with Gasteiger partial charge in [-0.15, -0.1) is 0 Å². The molecule has 0 saturated heterocycles. The molecule has 45 heavy (non-hydrogen) atoms. The molecule has 10 nitrogen and oxygen atoms in total. The summed E-state index contributed by atoms with van der Waals surface area (Å²) in [6, 6.07) is 11.3. The average molecular weight is 644 g/mol. The molecule has 3 rings (SSSR count).